The average Bonchev–Trinajstić information content (AvgIpc) is 2.81. The molecule has 1 aromatic heterocycles. The average molecular weight is 318 g/mol. The number of benzene rings is 1. The number of urea groups is 1. The number of hydrogen-bond acceptors (Lipinski definition) is 4. The lowest BCUT2D eigenvalue weighted by Gasteiger charge is -2.40. The number of carboxylic acids is 1. The molecule has 1 saturated heterocycles. The molecule has 1 fully saturated rings. The molecule has 1 aliphatic rings. The summed E-state index contributed by atoms with van der Waals surface area (Å²) in [6.07, 6.45) is -0.152. The van der Waals surface area contributed by atoms with Crippen molar-refractivity contribution < 1.29 is 23.8 Å². The molecule has 0 aliphatic carbocycles. The fraction of sp³-hybridized carbons (Fsp3) is 0.375. The molecule has 0 saturated carbocycles. The summed E-state index contributed by atoms with van der Waals surface area (Å²) < 4.78 is 11.4. The molecule has 2 amide bonds. The predicted octanol–water partition coefficient (Wildman–Crippen LogP) is 2.18. The number of likely N-dealkylation sites (tertiary alicyclic amines) is 1. The minimum Gasteiger partial charge on any atom is -0.486 e. The molecule has 1 aromatic carbocycles. The lowest BCUT2D eigenvalue weighted by atomic mass is 10.1. The first-order chi connectivity index (χ1) is 10.8. The van der Waals surface area contributed by atoms with Crippen molar-refractivity contribution in [2.24, 2.45) is 0 Å². The van der Waals surface area contributed by atoms with Gasteiger partial charge in [0.15, 0.2) is 0 Å². The van der Waals surface area contributed by atoms with E-state index in [4.69, 9.17) is 9.15 Å². The van der Waals surface area contributed by atoms with Crippen LogP contribution >= 0.6 is 0 Å². The van der Waals surface area contributed by atoms with Gasteiger partial charge in [-0.05, 0) is 25.1 Å². The summed E-state index contributed by atoms with van der Waals surface area (Å²) in [5, 5.41) is 9.94. The topological polar surface area (TPSA) is 83.2 Å². The third-order valence-electron chi connectivity index (χ3n) is 3.76. The van der Waals surface area contributed by atoms with E-state index >= 15 is 0 Å². The van der Waals surface area contributed by atoms with Gasteiger partial charge in [-0.15, -0.1) is 0 Å². The highest BCUT2D eigenvalue weighted by atomic mass is 16.5. The number of rotatable bonds is 3. The summed E-state index contributed by atoms with van der Waals surface area (Å²) in [5.74, 6) is 0.118. The van der Waals surface area contributed by atoms with Crippen molar-refractivity contribution in [2.45, 2.75) is 13.0 Å². The molecule has 0 spiro atoms. The van der Waals surface area contributed by atoms with Crippen molar-refractivity contribution in [1.82, 2.24) is 9.80 Å². The van der Waals surface area contributed by atoms with Crippen LogP contribution in [0.15, 0.2) is 22.6 Å². The fourth-order valence-corrected chi connectivity index (χ4v) is 2.59. The second-order valence-electron chi connectivity index (χ2n) is 5.87. The summed E-state index contributed by atoms with van der Waals surface area (Å²) in [4.78, 5) is 26.2. The number of nitrogens with zero attached hydrogens (tertiary/aromatic N) is 2. The van der Waals surface area contributed by atoms with Crippen LogP contribution < -0.4 is 4.74 Å². The van der Waals surface area contributed by atoms with E-state index in [1.807, 2.05) is 6.07 Å². The summed E-state index contributed by atoms with van der Waals surface area (Å²) in [6.45, 7) is 2.75. The van der Waals surface area contributed by atoms with E-state index in [0.29, 0.717) is 30.2 Å². The Hall–Kier alpha value is -2.70. The number of fused-ring (bicyclic) bond motifs is 1. The van der Waals surface area contributed by atoms with Gasteiger partial charge in [-0.25, -0.2) is 9.59 Å². The number of aryl methyl sites for hydroxylation is 1. The Labute approximate surface area is 133 Å². The highest BCUT2D eigenvalue weighted by Gasteiger charge is 2.33. The number of amides is 2. The second-order valence-corrected chi connectivity index (χ2v) is 5.87. The normalized spacial score (nSPS) is 14.7. The zero-order valence-electron chi connectivity index (χ0n) is 13.2. The number of carboxylic acid groups (broad SMARTS) is 1. The van der Waals surface area contributed by atoms with Gasteiger partial charge in [0.05, 0.1) is 24.0 Å². The number of furan rings is 1. The molecule has 1 aliphatic heterocycles. The van der Waals surface area contributed by atoms with Crippen LogP contribution in [-0.4, -0.2) is 60.2 Å². The van der Waals surface area contributed by atoms with Crippen molar-refractivity contribution in [2.75, 3.05) is 27.2 Å². The number of aromatic carboxylic acids is 1. The molecular formula is C16H18N2O5. The molecule has 7 nitrogen and oxygen atoms in total. The summed E-state index contributed by atoms with van der Waals surface area (Å²) in [6, 6.07) is 4.74. The Balaban J connectivity index is 1.81. The predicted molar refractivity (Wildman–Crippen MR) is 83.0 cm³/mol. The Morgan fingerprint density at radius 2 is 2.00 bits per heavy atom. The smallest absolute Gasteiger partial charge is 0.335 e. The molecule has 0 atom stereocenters. The minimum atomic E-state index is -1.04. The van der Waals surface area contributed by atoms with Crippen LogP contribution in [0.5, 0.6) is 5.75 Å². The van der Waals surface area contributed by atoms with Gasteiger partial charge in [-0.3, -0.25) is 0 Å². The highest BCUT2D eigenvalue weighted by Crippen LogP contribution is 2.32. The standard InChI is InChI=1S/C16H18N2O5/c1-9-4-12-13(22-9)5-10(15(19)20)6-14(12)23-11-7-18(8-11)16(21)17(2)3/h4-6,11H,7-8H2,1-3H3,(H,19,20). The van der Waals surface area contributed by atoms with Gasteiger partial charge in [0.25, 0.3) is 0 Å². The largest absolute Gasteiger partial charge is 0.486 e. The van der Waals surface area contributed by atoms with Crippen molar-refractivity contribution in [3.63, 3.8) is 0 Å². The monoisotopic (exact) mass is 318 g/mol. The molecular weight excluding hydrogens is 300 g/mol. The molecule has 0 radical (unpaired) electrons. The van der Waals surface area contributed by atoms with Gasteiger partial charge in [-0.1, -0.05) is 0 Å². The summed E-state index contributed by atoms with van der Waals surface area (Å²) in [5.41, 5.74) is 0.598. The van der Waals surface area contributed by atoms with Crippen LogP contribution in [0, 0.1) is 6.92 Å². The van der Waals surface area contributed by atoms with Gasteiger partial charge in [0.1, 0.15) is 23.2 Å². The molecule has 2 heterocycles. The lowest BCUT2D eigenvalue weighted by Crippen LogP contribution is -2.58. The van der Waals surface area contributed by atoms with Crippen molar-refractivity contribution in [1.29, 1.82) is 0 Å². The summed E-state index contributed by atoms with van der Waals surface area (Å²) in [7, 11) is 3.40. The van der Waals surface area contributed by atoms with E-state index in [9.17, 15) is 14.7 Å². The lowest BCUT2D eigenvalue weighted by molar-refractivity contribution is 0.0364. The first-order valence-electron chi connectivity index (χ1n) is 7.25. The number of hydrogen-bond donors (Lipinski definition) is 1. The van der Waals surface area contributed by atoms with Crippen LogP contribution in [0.25, 0.3) is 11.0 Å². The van der Waals surface area contributed by atoms with Gasteiger partial charge >= 0.3 is 12.0 Å². The van der Waals surface area contributed by atoms with Crippen LogP contribution in [0.1, 0.15) is 16.1 Å². The number of ether oxygens (including phenoxy) is 1. The maximum atomic E-state index is 11.8. The van der Waals surface area contributed by atoms with E-state index < -0.39 is 5.97 Å². The number of carbonyl (C=O) groups is 2. The van der Waals surface area contributed by atoms with Crippen LogP contribution in [0.2, 0.25) is 0 Å². The third-order valence-corrected chi connectivity index (χ3v) is 3.76. The third kappa shape index (κ3) is 2.81. The number of carbonyl (C=O) groups excluding carboxylic acids is 1. The Bertz CT molecular complexity index is 774. The highest BCUT2D eigenvalue weighted by molar-refractivity contribution is 5.95. The quantitative estimate of drug-likeness (QED) is 0.938. The van der Waals surface area contributed by atoms with Crippen LogP contribution in [-0.2, 0) is 0 Å². The van der Waals surface area contributed by atoms with Gasteiger partial charge in [0.2, 0.25) is 0 Å². The molecule has 2 aromatic rings. The van der Waals surface area contributed by atoms with Crippen molar-refractivity contribution >= 4 is 23.0 Å². The molecule has 1 N–H and O–H groups in total. The summed E-state index contributed by atoms with van der Waals surface area (Å²) >= 11 is 0. The maximum absolute atomic E-state index is 11.8. The molecule has 3 rings (SSSR count). The minimum absolute atomic E-state index is 0.0616. The van der Waals surface area contributed by atoms with Gasteiger partial charge < -0.3 is 24.1 Å². The molecule has 0 unspecified atom stereocenters. The zero-order chi connectivity index (χ0) is 16.7. The van der Waals surface area contributed by atoms with Crippen molar-refractivity contribution in [3.8, 4) is 5.75 Å². The SMILES string of the molecule is Cc1cc2c(OC3CN(C(=O)N(C)C)C3)cc(C(=O)O)cc2o1. The van der Waals surface area contributed by atoms with E-state index in [1.165, 1.54) is 17.0 Å². The molecule has 122 valence electrons. The van der Waals surface area contributed by atoms with E-state index in [-0.39, 0.29) is 17.7 Å². The van der Waals surface area contributed by atoms with Crippen molar-refractivity contribution in [3.05, 3.63) is 29.5 Å². The van der Waals surface area contributed by atoms with Gasteiger partial charge in [-0.2, -0.15) is 0 Å². The molecule has 0 bridgehead atoms. The van der Waals surface area contributed by atoms with E-state index in [1.54, 1.807) is 25.9 Å². The van der Waals surface area contributed by atoms with Crippen LogP contribution in [0.4, 0.5) is 4.79 Å². The Kier molecular flexibility index (Phi) is 3.63. The van der Waals surface area contributed by atoms with E-state index in [2.05, 4.69) is 0 Å². The van der Waals surface area contributed by atoms with Crippen LogP contribution in [0.3, 0.4) is 0 Å². The first kappa shape index (κ1) is 15.2. The molecule has 23 heavy (non-hydrogen) atoms. The first-order valence-corrected chi connectivity index (χ1v) is 7.25. The molecule has 7 heteroatoms. The second kappa shape index (κ2) is 5.49. The van der Waals surface area contributed by atoms with Gasteiger partial charge in [0, 0.05) is 14.1 Å². The Morgan fingerprint density at radius 3 is 2.61 bits per heavy atom. The zero-order valence-corrected chi connectivity index (χ0v) is 13.2. The van der Waals surface area contributed by atoms with E-state index in [0.717, 1.165) is 5.39 Å². The Morgan fingerprint density at radius 1 is 1.30 bits per heavy atom. The fourth-order valence-electron chi connectivity index (χ4n) is 2.59. The maximum Gasteiger partial charge on any atom is 0.335 e.